The number of anilines is 1. The van der Waals surface area contributed by atoms with Gasteiger partial charge in [-0.2, -0.15) is 9.50 Å². The number of nitro benzene ring substituents is 1. The predicted molar refractivity (Wildman–Crippen MR) is 88.0 cm³/mol. The molecule has 0 saturated carbocycles. The van der Waals surface area contributed by atoms with E-state index in [1.807, 2.05) is 6.92 Å². The molecule has 24 heavy (non-hydrogen) atoms. The minimum atomic E-state index is -0.441. The minimum absolute atomic E-state index is 0.0287. The molecule has 3 rings (SSSR count). The van der Waals surface area contributed by atoms with Gasteiger partial charge in [-0.05, 0) is 12.0 Å². The monoisotopic (exact) mass is 328 g/mol. The molecule has 124 valence electrons. The van der Waals surface area contributed by atoms with Gasteiger partial charge in [0.1, 0.15) is 0 Å². The molecule has 9 heteroatoms. The van der Waals surface area contributed by atoms with Crippen molar-refractivity contribution in [3.63, 3.8) is 0 Å². The molecule has 1 aromatic carbocycles. The quantitative estimate of drug-likeness (QED) is 0.527. The van der Waals surface area contributed by atoms with E-state index in [0.717, 1.165) is 18.4 Å². The lowest BCUT2D eigenvalue weighted by atomic mass is 10.2. The number of hydrogen-bond donors (Lipinski definition) is 2. The molecule has 0 bridgehead atoms. The second kappa shape index (κ2) is 6.49. The van der Waals surface area contributed by atoms with Crippen molar-refractivity contribution < 1.29 is 4.92 Å². The van der Waals surface area contributed by atoms with Crippen molar-refractivity contribution in [2.24, 2.45) is 0 Å². The van der Waals surface area contributed by atoms with Crippen molar-refractivity contribution in [3.05, 3.63) is 62.1 Å². The molecule has 2 aromatic heterocycles. The summed E-state index contributed by atoms with van der Waals surface area (Å²) >= 11 is 0. The lowest BCUT2D eigenvalue weighted by molar-refractivity contribution is -0.384. The predicted octanol–water partition coefficient (Wildman–Crippen LogP) is 1.89. The third-order valence-corrected chi connectivity index (χ3v) is 3.47. The molecule has 0 spiro atoms. The maximum Gasteiger partial charge on any atom is 0.274 e. The number of benzene rings is 1. The van der Waals surface area contributed by atoms with Gasteiger partial charge in [0.15, 0.2) is 0 Å². The Kier molecular flexibility index (Phi) is 4.23. The number of H-pyrrole nitrogens is 1. The molecule has 2 N–H and O–H groups in total. The van der Waals surface area contributed by atoms with Crippen LogP contribution in [0.25, 0.3) is 5.78 Å². The van der Waals surface area contributed by atoms with E-state index >= 15 is 0 Å². The first-order chi connectivity index (χ1) is 11.6. The van der Waals surface area contributed by atoms with Crippen molar-refractivity contribution in [1.29, 1.82) is 0 Å². The largest absolute Gasteiger partial charge is 0.351 e. The minimum Gasteiger partial charge on any atom is -0.351 e. The zero-order chi connectivity index (χ0) is 17.1. The number of nitro groups is 1. The topological polar surface area (TPSA) is 118 Å². The highest BCUT2D eigenvalue weighted by Gasteiger charge is 2.09. The second-order valence-electron chi connectivity index (χ2n) is 5.32. The van der Waals surface area contributed by atoms with Crippen LogP contribution in [0.15, 0.2) is 35.1 Å². The molecule has 0 radical (unpaired) electrons. The maximum atomic E-state index is 12.0. The fraction of sp³-hybridized carbons (Fsp3) is 0.267. The van der Waals surface area contributed by atoms with Crippen molar-refractivity contribution in [2.45, 2.75) is 26.3 Å². The fourth-order valence-electron chi connectivity index (χ4n) is 2.36. The van der Waals surface area contributed by atoms with Crippen molar-refractivity contribution in [1.82, 2.24) is 19.6 Å². The van der Waals surface area contributed by atoms with E-state index in [9.17, 15) is 14.9 Å². The van der Waals surface area contributed by atoms with Crippen LogP contribution >= 0.6 is 0 Å². The number of hydrogen-bond acceptors (Lipinski definition) is 6. The Morgan fingerprint density at radius 3 is 2.92 bits per heavy atom. The van der Waals surface area contributed by atoms with E-state index in [2.05, 4.69) is 20.4 Å². The number of nitrogens with one attached hydrogen (secondary N) is 2. The summed E-state index contributed by atoms with van der Waals surface area (Å²) in [6, 6.07) is 7.80. The van der Waals surface area contributed by atoms with Crippen LogP contribution in [0.4, 0.5) is 11.6 Å². The van der Waals surface area contributed by atoms with Gasteiger partial charge >= 0.3 is 0 Å². The Morgan fingerprint density at radius 2 is 2.17 bits per heavy atom. The first kappa shape index (κ1) is 15.7. The first-order valence-corrected chi connectivity index (χ1v) is 7.52. The third kappa shape index (κ3) is 3.24. The number of fused-ring (bicyclic) bond motifs is 1. The number of non-ortho nitro benzene ring substituents is 1. The van der Waals surface area contributed by atoms with Gasteiger partial charge < -0.3 is 5.32 Å². The molecule has 0 unspecified atom stereocenters. The van der Waals surface area contributed by atoms with E-state index in [1.54, 1.807) is 12.1 Å². The first-order valence-electron chi connectivity index (χ1n) is 7.52. The van der Waals surface area contributed by atoms with Crippen LogP contribution < -0.4 is 10.9 Å². The summed E-state index contributed by atoms with van der Waals surface area (Å²) in [5.74, 6) is 0.673. The highest BCUT2D eigenvalue weighted by atomic mass is 16.6. The molecule has 3 aromatic rings. The van der Waals surface area contributed by atoms with Gasteiger partial charge in [-0.3, -0.25) is 20.0 Å². The van der Waals surface area contributed by atoms with Gasteiger partial charge in [-0.25, -0.2) is 4.98 Å². The van der Waals surface area contributed by atoms with E-state index in [-0.39, 0.29) is 11.2 Å². The average molecular weight is 328 g/mol. The Morgan fingerprint density at radius 1 is 1.33 bits per heavy atom. The molecule has 0 aliphatic heterocycles. The van der Waals surface area contributed by atoms with Crippen LogP contribution in [0.1, 0.15) is 24.6 Å². The number of aryl methyl sites for hydroxylation is 1. The zero-order valence-electron chi connectivity index (χ0n) is 13.0. The third-order valence-electron chi connectivity index (χ3n) is 3.47. The van der Waals surface area contributed by atoms with Gasteiger partial charge in [0.2, 0.25) is 5.95 Å². The maximum absolute atomic E-state index is 12.0. The summed E-state index contributed by atoms with van der Waals surface area (Å²) in [7, 11) is 0. The summed E-state index contributed by atoms with van der Waals surface area (Å²) in [5.41, 5.74) is 1.25. The number of aromatic nitrogens is 4. The van der Waals surface area contributed by atoms with Crippen molar-refractivity contribution in [2.75, 3.05) is 5.32 Å². The molecule has 0 saturated heterocycles. The molecular formula is C15H16N6O3. The standard InChI is InChI=1S/C15H16N6O3/c1-2-4-11-8-13(22)20-15(17-11)18-14(19-20)16-9-10-5-3-6-12(7-10)21(23)24/h3,5-8H,2,4,9H2,1H3,(H2,16,17,18,19). The zero-order valence-corrected chi connectivity index (χ0v) is 13.0. The van der Waals surface area contributed by atoms with Crippen LogP contribution in [0.5, 0.6) is 0 Å². The number of rotatable bonds is 6. The van der Waals surface area contributed by atoms with Gasteiger partial charge in [0.25, 0.3) is 17.0 Å². The van der Waals surface area contributed by atoms with Crippen molar-refractivity contribution >= 4 is 17.4 Å². The van der Waals surface area contributed by atoms with E-state index in [0.29, 0.717) is 24.0 Å². The van der Waals surface area contributed by atoms with Gasteiger partial charge in [-0.15, -0.1) is 0 Å². The average Bonchev–Trinajstić information content (AvgIpc) is 2.97. The summed E-state index contributed by atoms with van der Waals surface area (Å²) in [4.78, 5) is 30.9. The highest BCUT2D eigenvalue weighted by Crippen LogP contribution is 2.14. The lowest BCUT2D eigenvalue weighted by Gasteiger charge is -2.02. The summed E-state index contributed by atoms with van der Waals surface area (Å²) in [6.07, 6.45) is 1.61. The van der Waals surface area contributed by atoms with E-state index in [1.165, 1.54) is 22.7 Å². The van der Waals surface area contributed by atoms with E-state index in [4.69, 9.17) is 0 Å². The van der Waals surface area contributed by atoms with Crippen LogP contribution in [0.3, 0.4) is 0 Å². The summed E-state index contributed by atoms with van der Waals surface area (Å²) in [5, 5.41) is 16.6. The van der Waals surface area contributed by atoms with Crippen LogP contribution in [-0.4, -0.2) is 24.5 Å². The second-order valence-corrected chi connectivity index (χ2v) is 5.32. The van der Waals surface area contributed by atoms with Crippen molar-refractivity contribution in [3.8, 4) is 0 Å². The molecule has 0 atom stereocenters. The number of nitrogens with zero attached hydrogens (tertiary/aromatic N) is 4. The normalized spacial score (nSPS) is 10.9. The molecule has 0 amide bonds. The molecule has 0 aliphatic rings. The van der Waals surface area contributed by atoms with Crippen LogP contribution in [-0.2, 0) is 13.0 Å². The Bertz CT molecular complexity index is 946. The fourth-order valence-corrected chi connectivity index (χ4v) is 2.36. The Hall–Kier alpha value is -3.23. The number of aromatic amines is 1. The van der Waals surface area contributed by atoms with Gasteiger partial charge in [0, 0.05) is 24.7 Å². The summed E-state index contributed by atoms with van der Waals surface area (Å²) in [6.45, 7) is 2.35. The molecule has 0 aliphatic carbocycles. The molecule has 0 fully saturated rings. The van der Waals surface area contributed by atoms with Gasteiger partial charge in [-0.1, -0.05) is 25.5 Å². The lowest BCUT2D eigenvalue weighted by Crippen LogP contribution is -2.15. The smallest absolute Gasteiger partial charge is 0.274 e. The van der Waals surface area contributed by atoms with Gasteiger partial charge in [0.05, 0.1) is 10.6 Å². The molecule has 2 heterocycles. The van der Waals surface area contributed by atoms with E-state index < -0.39 is 4.92 Å². The highest BCUT2D eigenvalue weighted by molar-refractivity contribution is 5.40. The Labute approximate surface area is 136 Å². The SMILES string of the molecule is CCCc1cc(=O)n2[nH]c(NCc3cccc([N+](=O)[O-])c3)nc2n1. The molecule has 9 nitrogen and oxygen atoms in total. The van der Waals surface area contributed by atoms with Crippen LogP contribution in [0.2, 0.25) is 0 Å². The van der Waals surface area contributed by atoms with Crippen LogP contribution in [0, 0.1) is 10.1 Å². The summed E-state index contributed by atoms with van der Waals surface area (Å²) < 4.78 is 1.26. The molecular weight excluding hydrogens is 312 g/mol. The Balaban J connectivity index is 1.80.